The number of aromatic nitrogens is 2. The summed E-state index contributed by atoms with van der Waals surface area (Å²) < 4.78 is 12.9. The zero-order valence-electron chi connectivity index (χ0n) is 25.9. The standard InChI is InChI=1S/C43H28N2O2/c1-43(2)36-11-7-6-10-30(36)31-15-12-28(22-37(31)43)26-13-18-38-34(20-26)32-16-17-33-35-21-27(14-19-39(35)47-41(33)40(32)46-38)29-23-44-42(45-24-29)25-8-4-3-5-9-25/h3-24H,1-2H3. The molecule has 1 aliphatic rings. The average Bonchev–Trinajstić information content (AvgIpc) is 3.76. The van der Waals surface area contributed by atoms with E-state index in [-0.39, 0.29) is 5.41 Å². The molecule has 4 nitrogen and oxygen atoms in total. The van der Waals surface area contributed by atoms with E-state index in [9.17, 15) is 0 Å². The fraction of sp³-hybridized carbons (Fsp3) is 0.0698. The van der Waals surface area contributed by atoms with Gasteiger partial charge in [0.05, 0.1) is 0 Å². The molecule has 222 valence electrons. The van der Waals surface area contributed by atoms with Crippen LogP contribution in [0.15, 0.2) is 143 Å². The van der Waals surface area contributed by atoms with Crippen LogP contribution in [0.4, 0.5) is 0 Å². The molecule has 0 bridgehead atoms. The van der Waals surface area contributed by atoms with Gasteiger partial charge < -0.3 is 8.83 Å². The predicted octanol–water partition coefficient (Wildman–Crippen LogP) is 11.6. The number of hydrogen-bond donors (Lipinski definition) is 0. The first-order valence-electron chi connectivity index (χ1n) is 16.0. The van der Waals surface area contributed by atoms with Gasteiger partial charge in [0.25, 0.3) is 0 Å². The number of hydrogen-bond acceptors (Lipinski definition) is 4. The first kappa shape index (κ1) is 26.2. The second-order valence-corrected chi connectivity index (χ2v) is 13.0. The Hall–Kier alpha value is -6.00. The summed E-state index contributed by atoms with van der Waals surface area (Å²) in [4.78, 5) is 9.27. The zero-order chi connectivity index (χ0) is 31.3. The second-order valence-electron chi connectivity index (χ2n) is 13.0. The van der Waals surface area contributed by atoms with Crippen LogP contribution in [-0.2, 0) is 5.41 Å². The Kier molecular flexibility index (Phi) is 5.31. The molecule has 47 heavy (non-hydrogen) atoms. The molecule has 0 unspecified atom stereocenters. The summed E-state index contributed by atoms with van der Waals surface area (Å²) in [5, 5.41) is 4.19. The van der Waals surface area contributed by atoms with Crippen molar-refractivity contribution in [2.75, 3.05) is 0 Å². The zero-order valence-corrected chi connectivity index (χ0v) is 25.9. The van der Waals surface area contributed by atoms with E-state index in [2.05, 4.69) is 109 Å². The number of nitrogens with zero attached hydrogens (tertiary/aromatic N) is 2. The maximum atomic E-state index is 6.49. The van der Waals surface area contributed by atoms with Gasteiger partial charge in [-0.3, -0.25) is 0 Å². The minimum atomic E-state index is -0.0419. The van der Waals surface area contributed by atoms with Gasteiger partial charge in [0.15, 0.2) is 17.0 Å². The Morgan fingerprint density at radius 2 is 1.00 bits per heavy atom. The van der Waals surface area contributed by atoms with Crippen LogP contribution in [-0.4, -0.2) is 9.97 Å². The van der Waals surface area contributed by atoms with Crippen molar-refractivity contribution in [3.8, 4) is 44.8 Å². The molecule has 0 saturated carbocycles. The average molecular weight is 605 g/mol. The lowest BCUT2D eigenvalue weighted by molar-refractivity contribution is 0.633. The lowest BCUT2D eigenvalue weighted by Crippen LogP contribution is -2.14. The Balaban J connectivity index is 1.05. The lowest BCUT2D eigenvalue weighted by Gasteiger charge is -2.22. The number of furan rings is 2. The van der Waals surface area contributed by atoms with Crippen molar-refractivity contribution in [2.45, 2.75) is 19.3 Å². The quantitative estimate of drug-likeness (QED) is 0.201. The van der Waals surface area contributed by atoms with E-state index >= 15 is 0 Å². The van der Waals surface area contributed by atoms with Gasteiger partial charge in [-0.25, -0.2) is 9.97 Å². The third-order valence-electron chi connectivity index (χ3n) is 10.0. The molecule has 10 rings (SSSR count). The molecule has 0 radical (unpaired) electrons. The second kappa shape index (κ2) is 9.51. The first-order valence-corrected chi connectivity index (χ1v) is 16.0. The summed E-state index contributed by atoms with van der Waals surface area (Å²) in [7, 11) is 0. The molecule has 0 atom stereocenters. The summed E-state index contributed by atoms with van der Waals surface area (Å²) in [6, 6.07) is 42.8. The Labute approximate surface area is 271 Å². The summed E-state index contributed by atoms with van der Waals surface area (Å²) in [5.41, 5.74) is 14.0. The molecule has 3 aromatic heterocycles. The van der Waals surface area contributed by atoms with Gasteiger partial charge in [-0.05, 0) is 81.4 Å². The molecular weight excluding hydrogens is 576 g/mol. The summed E-state index contributed by atoms with van der Waals surface area (Å²) in [6.45, 7) is 4.65. The summed E-state index contributed by atoms with van der Waals surface area (Å²) >= 11 is 0. The topological polar surface area (TPSA) is 52.1 Å². The van der Waals surface area contributed by atoms with Crippen molar-refractivity contribution in [1.82, 2.24) is 9.97 Å². The fourth-order valence-corrected chi connectivity index (χ4v) is 7.52. The van der Waals surface area contributed by atoms with Crippen molar-refractivity contribution in [3.63, 3.8) is 0 Å². The molecule has 0 spiro atoms. The molecule has 0 aliphatic heterocycles. The van der Waals surface area contributed by atoms with Crippen LogP contribution in [0.5, 0.6) is 0 Å². The highest BCUT2D eigenvalue weighted by Crippen LogP contribution is 2.50. The van der Waals surface area contributed by atoms with Crippen LogP contribution in [0.25, 0.3) is 88.6 Å². The van der Waals surface area contributed by atoms with Gasteiger partial charge in [0.2, 0.25) is 0 Å². The van der Waals surface area contributed by atoms with Crippen molar-refractivity contribution < 1.29 is 8.83 Å². The van der Waals surface area contributed by atoms with Gasteiger partial charge in [0, 0.05) is 50.5 Å². The molecule has 0 amide bonds. The van der Waals surface area contributed by atoms with Gasteiger partial charge >= 0.3 is 0 Å². The van der Waals surface area contributed by atoms with Crippen molar-refractivity contribution in [2.24, 2.45) is 0 Å². The van der Waals surface area contributed by atoms with Crippen LogP contribution in [0.2, 0.25) is 0 Å². The monoisotopic (exact) mass is 604 g/mol. The van der Waals surface area contributed by atoms with Crippen LogP contribution < -0.4 is 0 Å². The Morgan fingerprint density at radius 1 is 0.447 bits per heavy atom. The van der Waals surface area contributed by atoms with Gasteiger partial charge in [0.1, 0.15) is 11.2 Å². The minimum Gasteiger partial charge on any atom is -0.452 e. The van der Waals surface area contributed by atoms with Crippen LogP contribution >= 0.6 is 0 Å². The Morgan fingerprint density at radius 3 is 1.68 bits per heavy atom. The highest BCUT2D eigenvalue weighted by Gasteiger charge is 2.35. The molecule has 1 aliphatic carbocycles. The molecule has 0 N–H and O–H groups in total. The number of benzene rings is 6. The first-order chi connectivity index (χ1) is 23.0. The third-order valence-corrected chi connectivity index (χ3v) is 10.0. The molecule has 3 heterocycles. The highest BCUT2D eigenvalue weighted by molar-refractivity contribution is 6.19. The van der Waals surface area contributed by atoms with E-state index in [1.54, 1.807) is 0 Å². The molecule has 4 heteroatoms. The maximum Gasteiger partial charge on any atom is 0.178 e. The molecule has 6 aromatic carbocycles. The van der Waals surface area contributed by atoms with E-state index in [0.717, 1.165) is 60.6 Å². The van der Waals surface area contributed by atoms with E-state index in [0.29, 0.717) is 5.82 Å². The van der Waals surface area contributed by atoms with Crippen molar-refractivity contribution >= 4 is 43.9 Å². The van der Waals surface area contributed by atoms with E-state index < -0.39 is 0 Å². The molecule has 9 aromatic rings. The normalized spacial score (nSPS) is 13.5. The lowest BCUT2D eigenvalue weighted by atomic mass is 9.81. The van der Waals surface area contributed by atoms with Gasteiger partial charge in [-0.1, -0.05) is 92.7 Å². The largest absolute Gasteiger partial charge is 0.452 e. The molecule has 0 fully saturated rings. The summed E-state index contributed by atoms with van der Waals surface area (Å²) in [6.07, 6.45) is 3.77. The SMILES string of the molecule is CC1(C)c2ccccc2-c2ccc(-c3ccc4oc5c(ccc6c7cc(-c8cnc(-c9ccccc9)nc8)ccc7oc65)c4c3)cc21. The van der Waals surface area contributed by atoms with E-state index in [4.69, 9.17) is 8.83 Å². The highest BCUT2D eigenvalue weighted by atomic mass is 16.4. The smallest absolute Gasteiger partial charge is 0.178 e. The number of fused-ring (bicyclic) bond motifs is 10. The van der Waals surface area contributed by atoms with Crippen LogP contribution in [0.3, 0.4) is 0 Å². The van der Waals surface area contributed by atoms with Crippen molar-refractivity contribution in [1.29, 1.82) is 0 Å². The third kappa shape index (κ3) is 3.82. The predicted molar refractivity (Wildman–Crippen MR) is 190 cm³/mol. The van der Waals surface area contributed by atoms with Crippen molar-refractivity contribution in [3.05, 3.63) is 145 Å². The van der Waals surface area contributed by atoms with Gasteiger partial charge in [-0.15, -0.1) is 0 Å². The summed E-state index contributed by atoms with van der Waals surface area (Å²) in [5.74, 6) is 0.713. The molecule has 0 saturated heterocycles. The van der Waals surface area contributed by atoms with E-state index in [1.807, 2.05) is 48.8 Å². The van der Waals surface area contributed by atoms with Crippen LogP contribution in [0, 0.1) is 0 Å². The number of rotatable bonds is 3. The maximum absolute atomic E-state index is 6.49. The van der Waals surface area contributed by atoms with Crippen LogP contribution in [0.1, 0.15) is 25.0 Å². The Bertz CT molecular complexity index is 2700. The van der Waals surface area contributed by atoms with E-state index in [1.165, 1.54) is 33.4 Å². The molecular formula is C43H28N2O2. The minimum absolute atomic E-state index is 0.0419. The van der Waals surface area contributed by atoms with Gasteiger partial charge in [-0.2, -0.15) is 0 Å². The fourth-order valence-electron chi connectivity index (χ4n) is 7.52.